The van der Waals surface area contributed by atoms with Gasteiger partial charge < -0.3 is 14.2 Å². The SMILES string of the molecule is O=C(OCc1cc([N+](=O)[O-])cc2c1OCOC2)c1cc(-c2ccc(F)cc2)nc2ccccc12. The average Bonchev–Trinajstić information content (AvgIpc) is 2.86. The number of fused-ring (bicyclic) bond motifs is 2. The maximum atomic E-state index is 13.4. The molecular formula is C25H17FN2O6. The monoisotopic (exact) mass is 460 g/mol. The summed E-state index contributed by atoms with van der Waals surface area (Å²) >= 11 is 0. The van der Waals surface area contributed by atoms with Crippen LogP contribution < -0.4 is 4.74 Å². The number of hydrogen-bond donors (Lipinski definition) is 0. The van der Waals surface area contributed by atoms with Crippen molar-refractivity contribution in [2.75, 3.05) is 6.79 Å². The zero-order valence-corrected chi connectivity index (χ0v) is 17.7. The number of esters is 1. The standard InChI is InChI=1S/C25H17FN2O6/c26-18-7-5-15(6-8-18)23-11-21(20-3-1-2-4-22(20)27-23)25(29)33-13-17-10-19(28(30)31)9-16-12-32-14-34-24(16)17/h1-11H,12-14H2. The first kappa shape index (κ1) is 21.5. The van der Waals surface area contributed by atoms with E-state index in [1.165, 1.54) is 24.3 Å². The maximum absolute atomic E-state index is 13.4. The van der Waals surface area contributed by atoms with Gasteiger partial charge in [0.25, 0.3) is 5.69 Å². The highest BCUT2D eigenvalue weighted by Gasteiger charge is 2.23. The van der Waals surface area contributed by atoms with Crippen LogP contribution in [0.2, 0.25) is 0 Å². The van der Waals surface area contributed by atoms with Crippen LogP contribution >= 0.6 is 0 Å². The Bertz CT molecular complexity index is 1420. The number of non-ortho nitro benzene ring substituents is 1. The third-order valence-electron chi connectivity index (χ3n) is 5.42. The summed E-state index contributed by atoms with van der Waals surface area (Å²) < 4.78 is 29.6. The number of para-hydroxylation sites is 1. The maximum Gasteiger partial charge on any atom is 0.339 e. The molecule has 34 heavy (non-hydrogen) atoms. The number of carbonyl (C=O) groups is 1. The highest BCUT2D eigenvalue weighted by molar-refractivity contribution is 6.04. The van der Waals surface area contributed by atoms with Crippen LogP contribution in [0.1, 0.15) is 21.5 Å². The molecule has 0 unspecified atom stereocenters. The van der Waals surface area contributed by atoms with E-state index in [9.17, 15) is 19.3 Å². The predicted molar refractivity (Wildman–Crippen MR) is 120 cm³/mol. The summed E-state index contributed by atoms with van der Waals surface area (Å²) in [6.45, 7) is -0.0683. The molecule has 0 atom stereocenters. The number of benzene rings is 3. The van der Waals surface area contributed by atoms with Crippen molar-refractivity contribution in [3.8, 4) is 17.0 Å². The molecule has 0 radical (unpaired) electrons. The molecule has 0 bridgehead atoms. The third-order valence-corrected chi connectivity index (χ3v) is 5.42. The normalized spacial score (nSPS) is 12.6. The van der Waals surface area contributed by atoms with Gasteiger partial charge in [-0.05, 0) is 36.4 Å². The summed E-state index contributed by atoms with van der Waals surface area (Å²) in [6, 6.07) is 17.2. The molecule has 1 aliphatic rings. The van der Waals surface area contributed by atoms with Gasteiger partial charge in [0.15, 0.2) is 6.79 Å². The Morgan fingerprint density at radius 2 is 1.91 bits per heavy atom. The van der Waals surface area contributed by atoms with E-state index in [0.29, 0.717) is 39.0 Å². The van der Waals surface area contributed by atoms with E-state index in [2.05, 4.69) is 4.98 Å². The molecule has 0 aliphatic carbocycles. The molecule has 5 rings (SSSR count). The van der Waals surface area contributed by atoms with Crippen LogP contribution in [-0.4, -0.2) is 22.7 Å². The summed E-state index contributed by atoms with van der Waals surface area (Å²) in [5.74, 6) is -0.595. The van der Waals surface area contributed by atoms with Crippen LogP contribution in [0.5, 0.6) is 5.75 Å². The summed E-state index contributed by atoms with van der Waals surface area (Å²) in [6.07, 6.45) is 0. The highest BCUT2D eigenvalue weighted by atomic mass is 19.1. The summed E-state index contributed by atoms with van der Waals surface area (Å²) in [4.78, 5) is 28.5. The number of carbonyl (C=O) groups excluding carboxylic acids is 1. The molecule has 1 aromatic heterocycles. The summed E-state index contributed by atoms with van der Waals surface area (Å²) in [5, 5.41) is 11.9. The Balaban J connectivity index is 1.49. The fourth-order valence-corrected chi connectivity index (χ4v) is 3.83. The number of hydrogen-bond acceptors (Lipinski definition) is 7. The number of halogens is 1. The molecular weight excluding hydrogens is 443 g/mol. The second-order valence-electron chi connectivity index (χ2n) is 7.62. The minimum Gasteiger partial charge on any atom is -0.467 e. The number of nitro groups is 1. The first-order chi connectivity index (χ1) is 16.5. The Morgan fingerprint density at radius 3 is 2.71 bits per heavy atom. The topological polar surface area (TPSA) is 101 Å². The smallest absolute Gasteiger partial charge is 0.339 e. The fourth-order valence-electron chi connectivity index (χ4n) is 3.83. The van der Waals surface area contributed by atoms with E-state index >= 15 is 0 Å². The number of rotatable bonds is 5. The third kappa shape index (κ3) is 4.16. The Labute approximate surface area is 192 Å². The first-order valence-corrected chi connectivity index (χ1v) is 10.3. The molecule has 8 nitrogen and oxygen atoms in total. The predicted octanol–water partition coefficient (Wildman–Crippen LogP) is 5.17. The van der Waals surface area contributed by atoms with E-state index in [1.54, 1.807) is 42.5 Å². The lowest BCUT2D eigenvalue weighted by molar-refractivity contribution is -0.385. The number of aromatic nitrogens is 1. The van der Waals surface area contributed by atoms with E-state index in [-0.39, 0.29) is 37.1 Å². The highest BCUT2D eigenvalue weighted by Crippen LogP contribution is 2.33. The molecule has 170 valence electrons. The van der Waals surface area contributed by atoms with E-state index in [1.807, 2.05) is 0 Å². The van der Waals surface area contributed by atoms with Gasteiger partial charge in [-0.3, -0.25) is 10.1 Å². The lowest BCUT2D eigenvalue weighted by Crippen LogP contribution is -2.15. The summed E-state index contributed by atoms with van der Waals surface area (Å²) in [7, 11) is 0. The molecule has 9 heteroatoms. The van der Waals surface area contributed by atoms with Crippen molar-refractivity contribution in [2.24, 2.45) is 0 Å². The first-order valence-electron chi connectivity index (χ1n) is 10.3. The van der Waals surface area contributed by atoms with Gasteiger partial charge in [0.05, 0.1) is 28.3 Å². The van der Waals surface area contributed by atoms with Crippen LogP contribution in [0.15, 0.2) is 66.7 Å². The molecule has 0 saturated heterocycles. The van der Waals surface area contributed by atoms with E-state index < -0.39 is 10.9 Å². The molecule has 0 spiro atoms. The molecule has 0 amide bonds. The molecule has 3 aromatic carbocycles. The van der Waals surface area contributed by atoms with Crippen molar-refractivity contribution in [1.82, 2.24) is 4.98 Å². The second-order valence-corrected chi connectivity index (χ2v) is 7.62. The molecule has 0 saturated carbocycles. The van der Waals surface area contributed by atoms with Crippen LogP contribution in [0.3, 0.4) is 0 Å². The largest absolute Gasteiger partial charge is 0.467 e. The van der Waals surface area contributed by atoms with Gasteiger partial charge in [-0.25, -0.2) is 14.2 Å². The number of pyridine rings is 1. The van der Waals surface area contributed by atoms with Crippen molar-refractivity contribution < 1.29 is 28.3 Å². The lowest BCUT2D eigenvalue weighted by atomic mass is 10.0. The Kier molecular flexibility index (Phi) is 5.60. The van der Waals surface area contributed by atoms with Crippen molar-refractivity contribution in [1.29, 1.82) is 0 Å². The van der Waals surface area contributed by atoms with Crippen molar-refractivity contribution in [3.63, 3.8) is 0 Å². The quantitative estimate of drug-likeness (QED) is 0.230. The fraction of sp³-hybridized carbons (Fsp3) is 0.120. The van der Waals surface area contributed by atoms with Crippen LogP contribution in [0.4, 0.5) is 10.1 Å². The van der Waals surface area contributed by atoms with Crippen LogP contribution in [0.25, 0.3) is 22.2 Å². The zero-order chi connectivity index (χ0) is 23.7. The van der Waals surface area contributed by atoms with Crippen molar-refractivity contribution in [3.05, 3.63) is 99.4 Å². The van der Waals surface area contributed by atoms with Crippen molar-refractivity contribution >= 4 is 22.6 Å². The molecule has 4 aromatic rings. The number of ether oxygens (including phenoxy) is 3. The molecule has 1 aliphatic heterocycles. The van der Waals surface area contributed by atoms with E-state index in [0.717, 1.165) is 0 Å². The average molecular weight is 460 g/mol. The zero-order valence-electron chi connectivity index (χ0n) is 17.7. The van der Waals surface area contributed by atoms with Gasteiger partial charge in [-0.1, -0.05) is 18.2 Å². The van der Waals surface area contributed by atoms with Crippen LogP contribution in [0, 0.1) is 15.9 Å². The number of nitrogens with zero attached hydrogens (tertiary/aromatic N) is 2. The Morgan fingerprint density at radius 1 is 1.12 bits per heavy atom. The van der Waals surface area contributed by atoms with Gasteiger partial charge >= 0.3 is 5.97 Å². The van der Waals surface area contributed by atoms with Crippen molar-refractivity contribution in [2.45, 2.75) is 13.2 Å². The van der Waals surface area contributed by atoms with Gasteiger partial charge in [0, 0.05) is 34.2 Å². The van der Waals surface area contributed by atoms with Gasteiger partial charge in [-0.2, -0.15) is 0 Å². The minimum atomic E-state index is -0.630. The molecule has 2 heterocycles. The second kappa shape index (κ2) is 8.87. The van der Waals surface area contributed by atoms with Gasteiger partial charge in [0.2, 0.25) is 0 Å². The Hall–Kier alpha value is -4.37. The van der Waals surface area contributed by atoms with E-state index in [4.69, 9.17) is 14.2 Å². The lowest BCUT2D eigenvalue weighted by Gasteiger charge is -2.20. The molecule has 0 fully saturated rings. The molecule has 0 N–H and O–H groups in total. The van der Waals surface area contributed by atoms with Gasteiger partial charge in [-0.15, -0.1) is 0 Å². The minimum absolute atomic E-state index is 0.00177. The van der Waals surface area contributed by atoms with Gasteiger partial charge in [0.1, 0.15) is 18.2 Å². The summed E-state index contributed by atoms with van der Waals surface area (Å²) in [5.41, 5.74) is 2.71. The van der Waals surface area contributed by atoms with Crippen LogP contribution in [-0.2, 0) is 22.7 Å². The number of nitro benzene ring substituents is 1.